The Hall–Kier alpha value is -1.14. The molecule has 0 bridgehead atoms. The van der Waals surface area contributed by atoms with Crippen LogP contribution in [0.25, 0.3) is 0 Å². The van der Waals surface area contributed by atoms with Crippen LogP contribution in [0.1, 0.15) is 29.4 Å². The molecule has 0 radical (unpaired) electrons. The average molecular weight is 272 g/mol. The number of nitrogens with one attached hydrogen (secondary N) is 2. The van der Waals surface area contributed by atoms with Gasteiger partial charge in [-0.1, -0.05) is 13.3 Å². The fourth-order valence-electron chi connectivity index (χ4n) is 1.20. The minimum Gasteiger partial charge on any atom is -0.465 e. The molecule has 0 saturated heterocycles. The van der Waals surface area contributed by atoms with Gasteiger partial charge in [-0.2, -0.15) is 0 Å². The topological polar surface area (TPSA) is 50.4 Å². The third-order valence-electron chi connectivity index (χ3n) is 2.10. The molecule has 6 heteroatoms. The van der Waals surface area contributed by atoms with E-state index in [0.717, 1.165) is 19.4 Å². The molecule has 0 spiro atoms. The Morgan fingerprint density at radius 3 is 3.00 bits per heavy atom. The van der Waals surface area contributed by atoms with E-state index in [2.05, 4.69) is 22.3 Å². The van der Waals surface area contributed by atoms with E-state index < -0.39 is 0 Å². The van der Waals surface area contributed by atoms with Gasteiger partial charge in [0.25, 0.3) is 0 Å². The van der Waals surface area contributed by atoms with Crippen molar-refractivity contribution in [2.75, 3.05) is 19.0 Å². The van der Waals surface area contributed by atoms with Gasteiger partial charge in [0.15, 0.2) is 5.11 Å². The van der Waals surface area contributed by atoms with Gasteiger partial charge in [-0.25, -0.2) is 4.79 Å². The molecule has 17 heavy (non-hydrogen) atoms. The lowest BCUT2D eigenvalue weighted by atomic mass is 10.3. The number of carbonyl (C=O) groups is 1. The van der Waals surface area contributed by atoms with Crippen LogP contribution >= 0.6 is 23.6 Å². The fourth-order valence-corrected chi connectivity index (χ4v) is 2.18. The summed E-state index contributed by atoms with van der Waals surface area (Å²) in [7, 11) is 1.36. The molecule has 1 rings (SSSR count). The summed E-state index contributed by atoms with van der Waals surface area (Å²) in [5, 5.41) is 8.43. The highest BCUT2D eigenvalue weighted by atomic mass is 32.1. The molecule has 1 aromatic rings. The molecule has 0 aromatic carbocycles. The van der Waals surface area contributed by atoms with Gasteiger partial charge in [-0.05, 0) is 30.1 Å². The molecule has 0 amide bonds. The van der Waals surface area contributed by atoms with Crippen molar-refractivity contribution in [1.29, 1.82) is 0 Å². The summed E-state index contributed by atoms with van der Waals surface area (Å²) < 4.78 is 4.68. The highest BCUT2D eigenvalue weighted by molar-refractivity contribution is 7.80. The third kappa shape index (κ3) is 4.32. The molecule has 0 atom stereocenters. The summed E-state index contributed by atoms with van der Waals surface area (Å²) in [6.45, 7) is 2.95. The van der Waals surface area contributed by atoms with E-state index in [0.29, 0.717) is 15.7 Å². The lowest BCUT2D eigenvalue weighted by molar-refractivity contribution is 0.0607. The van der Waals surface area contributed by atoms with E-state index >= 15 is 0 Å². The zero-order valence-corrected chi connectivity index (χ0v) is 11.5. The van der Waals surface area contributed by atoms with E-state index in [1.165, 1.54) is 18.4 Å². The average Bonchev–Trinajstić information content (AvgIpc) is 2.76. The first-order chi connectivity index (χ1) is 8.19. The van der Waals surface area contributed by atoms with Gasteiger partial charge in [0, 0.05) is 6.54 Å². The quantitative estimate of drug-likeness (QED) is 0.490. The second-order valence-corrected chi connectivity index (χ2v) is 4.71. The highest BCUT2D eigenvalue weighted by Crippen LogP contribution is 2.22. The van der Waals surface area contributed by atoms with Crippen LogP contribution in [0.4, 0.5) is 5.69 Å². The predicted molar refractivity (Wildman–Crippen MR) is 74.8 cm³/mol. The van der Waals surface area contributed by atoms with Crippen LogP contribution in [-0.2, 0) is 4.74 Å². The maximum atomic E-state index is 11.4. The number of carbonyl (C=O) groups excluding carboxylic acids is 1. The molecule has 4 nitrogen and oxygen atoms in total. The van der Waals surface area contributed by atoms with Gasteiger partial charge >= 0.3 is 5.97 Å². The number of thiocarbonyl (C=S) groups is 1. The predicted octanol–water partition coefficient (Wildman–Crippen LogP) is 2.62. The van der Waals surface area contributed by atoms with Gasteiger partial charge < -0.3 is 15.4 Å². The van der Waals surface area contributed by atoms with Crippen molar-refractivity contribution in [2.45, 2.75) is 19.8 Å². The summed E-state index contributed by atoms with van der Waals surface area (Å²) in [5.74, 6) is -0.348. The second-order valence-electron chi connectivity index (χ2n) is 3.39. The lowest BCUT2D eigenvalue weighted by Crippen LogP contribution is -2.29. The fraction of sp³-hybridized carbons (Fsp3) is 0.455. The second kappa shape index (κ2) is 7.24. The summed E-state index contributed by atoms with van der Waals surface area (Å²) in [6.07, 6.45) is 2.18. The molecule has 0 unspecified atom stereocenters. The number of thiophene rings is 1. The molecule has 0 aliphatic carbocycles. The normalized spacial score (nSPS) is 9.76. The van der Waals surface area contributed by atoms with Gasteiger partial charge in [-0.15, -0.1) is 11.3 Å². The largest absolute Gasteiger partial charge is 0.465 e. The maximum Gasteiger partial charge on any atom is 0.350 e. The summed E-state index contributed by atoms with van der Waals surface area (Å²) in [5.41, 5.74) is 0.691. The van der Waals surface area contributed by atoms with E-state index in [9.17, 15) is 4.79 Å². The van der Waals surface area contributed by atoms with Crippen LogP contribution in [0.2, 0.25) is 0 Å². The lowest BCUT2D eigenvalue weighted by Gasteiger charge is -2.09. The number of esters is 1. The Labute approximate surface area is 110 Å². The standard InChI is InChI=1S/C11H16N2O2S2/c1-3-4-6-12-11(16)13-8-5-7-17-9(8)10(14)15-2/h5,7H,3-4,6H2,1-2H3,(H2,12,13,16). The molecule has 0 saturated carbocycles. The molecule has 2 N–H and O–H groups in total. The van der Waals surface area contributed by atoms with Crippen molar-refractivity contribution in [1.82, 2.24) is 5.32 Å². The highest BCUT2D eigenvalue weighted by Gasteiger charge is 2.13. The van der Waals surface area contributed by atoms with E-state index in [4.69, 9.17) is 12.2 Å². The van der Waals surface area contributed by atoms with Gasteiger partial charge in [-0.3, -0.25) is 0 Å². The summed E-state index contributed by atoms with van der Waals surface area (Å²) >= 11 is 6.46. The smallest absolute Gasteiger partial charge is 0.350 e. The number of methoxy groups -OCH3 is 1. The molecular weight excluding hydrogens is 256 g/mol. The molecule has 0 aliphatic heterocycles. The van der Waals surface area contributed by atoms with Crippen molar-refractivity contribution in [2.24, 2.45) is 0 Å². The van der Waals surface area contributed by atoms with Gasteiger partial charge in [0.2, 0.25) is 0 Å². The van der Waals surface area contributed by atoms with Crippen LogP contribution in [-0.4, -0.2) is 24.7 Å². The van der Waals surface area contributed by atoms with E-state index in [1.54, 1.807) is 0 Å². The van der Waals surface area contributed by atoms with Gasteiger partial charge in [0.05, 0.1) is 12.8 Å². The minimum absolute atomic E-state index is 0.348. The molecular formula is C11H16N2O2S2. The number of anilines is 1. The van der Waals surface area contributed by atoms with Crippen molar-refractivity contribution >= 4 is 40.3 Å². The minimum atomic E-state index is -0.348. The third-order valence-corrected chi connectivity index (χ3v) is 3.24. The molecule has 1 aromatic heterocycles. The number of unbranched alkanes of at least 4 members (excludes halogenated alkanes) is 1. The summed E-state index contributed by atoms with van der Waals surface area (Å²) in [6, 6.07) is 1.81. The Morgan fingerprint density at radius 1 is 1.59 bits per heavy atom. The summed E-state index contributed by atoms with van der Waals surface area (Å²) in [4.78, 5) is 12.0. The first kappa shape index (κ1) is 13.9. The van der Waals surface area contributed by atoms with Crippen LogP contribution in [0.3, 0.4) is 0 Å². The van der Waals surface area contributed by atoms with Crippen LogP contribution in [0.15, 0.2) is 11.4 Å². The number of hydrogen-bond acceptors (Lipinski definition) is 4. The number of ether oxygens (including phenoxy) is 1. The van der Waals surface area contributed by atoms with E-state index in [1.807, 2.05) is 11.4 Å². The van der Waals surface area contributed by atoms with Crippen LogP contribution in [0.5, 0.6) is 0 Å². The Morgan fingerprint density at radius 2 is 2.35 bits per heavy atom. The van der Waals surface area contributed by atoms with E-state index in [-0.39, 0.29) is 5.97 Å². The van der Waals surface area contributed by atoms with Crippen LogP contribution < -0.4 is 10.6 Å². The monoisotopic (exact) mass is 272 g/mol. The SMILES string of the molecule is CCCCNC(=S)Nc1ccsc1C(=O)OC. The molecule has 0 fully saturated rings. The van der Waals surface area contributed by atoms with Crippen molar-refractivity contribution in [3.63, 3.8) is 0 Å². The van der Waals surface area contributed by atoms with Gasteiger partial charge in [0.1, 0.15) is 4.88 Å². The number of hydrogen-bond donors (Lipinski definition) is 2. The van der Waals surface area contributed by atoms with Crippen molar-refractivity contribution < 1.29 is 9.53 Å². The first-order valence-electron chi connectivity index (χ1n) is 5.39. The Balaban J connectivity index is 2.53. The Bertz CT molecular complexity index is 391. The van der Waals surface area contributed by atoms with Crippen LogP contribution in [0, 0.1) is 0 Å². The molecule has 1 heterocycles. The van der Waals surface area contributed by atoms with Crippen molar-refractivity contribution in [3.05, 3.63) is 16.3 Å². The molecule has 94 valence electrons. The zero-order chi connectivity index (χ0) is 12.7. The zero-order valence-electron chi connectivity index (χ0n) is 9.91. The number of rotatable bonds is 5. The molecule has 0 aliphatic rings. The van der Waals surface area contributed by atoms with Crippen molar-refractivity contribution in [3.8, 4) is 0 Å². The Kier molecular flexibility index (Phi) is 5.93. The maximum absolute atomic E-state index is 11.4. The first-order valence-corrected chi connectivity index (χ1v) is 6.68.